The van der Waals surface area contributed by atoms with Crippen LogP contribution >= 0.6 is 11.6 Å². The van der Waals surface area contributed by atoms with Crippen LogP contribution in [0.4, 0.5) is 0 Å². The Morgan fingerprint density at radius 3 is 2.00 bits per heavy atom. The maximum Gasteiger partial charge on any atom is 0.243 e. The molecule has 0 spiro atoms. The van der Waals surface area contributed by atoms with E-state index < -0.39 is 10.0 Å². The molecule has 2 aromatic carbocycles. The maximum absolute atomic E-state index is 13.9. The molecule has 0 radical (unpaired) electrons. The van der Waals surface area contributed by atoms with Crippen LogP contribution in [-0.4, -0.2) is 19.3 Å². The Balaban J connectivity index is 0.00000645. The van der Waals surface area contributed by atoms with Gasteiger partial charge in [0.25, 0.3) is 0 Å². The quantitative estimate of drug-likeness (QED) is 0.0819. The van der Waals surface area contributed by atoms with Gasteiger partial charge in [-0.15, -0.1) is 0 Å². The number of sulfonamides is 1. The third-order valence-electron chi connectivity index (χ3n) is 7.66. The van der Waals surface area contributed by atoms with Crippen LogP contribution in [0.1, 0.15) is 101 Å². The Bertz CT molecular complexity index is 1320. The molecule has 0 N–H and O–H groups in total. The molecule has 0 aliphatic heterocycles. The SMILES string of the molecule is CCCCCCCCCCCCCCOc1c(Cl)cccc1CN(Cc1ccc[n+](C)c1)S(=O)(=O)c1ccc(C)cc1.[I-]. The van der Waals surface area contributed by atoms with Crippen molar-refractivity contribution in [3.05, 3.63) is 88.7 Å². The number of aromatic nitrogens is 1. The number of halogens is 2. The first kappa shape index (κ1) is 37.5. The average molecular weight is 741 g/mol. The zero-order chi connectivity index (χ0) is 30.2. The third kappa shape index (κ3) is 13.1. The van der Waals surface area contributed by atoms with Gasteiger partial charge in [-0.25, -0.2) is 13.0 Å². The number of hydrogen-bond acceptors (Lipinski definition) is 3. The lowest BCUT2D eigenvalue weighted by molar-refractivity contribution is -0.672. The molecule has 0 aliphatic rings. The van der Waals surface area contributed by atoms with E-state index in [1.54, 1.807) is 18.2 Å². The highest BCUT2D eigenvalue weighted by atomic mass is 127. The lowest BCUT2D eigenvalue weighted by Gasteiger charge is -2.24. The minimum Gasteiger partial charge on any atom is -1.00 e. The van der Waals surface area contributed by atoms with Crippen molar-refractivity contribution in [1.82, 2.24) is 4.31 Å². The Hall–Kier alpha value is -1.68. The summed E-state index contributed by atoms with van der Waals surface area (Å²) in [6, 6.07) is 16.4. The smallest absolute Gasteiger partial charge is 0.243 e. The number of unbranched alkanes of at least 4 members (excludes halogenated alkanes) is 11. The van der Waals surface area contributed by atoms with E-state index in [-0.39, 0.29) is 42.0 Å². The van der Waals surface area contributed by atoms with Gasteiger partial charge in [0.1, 0.15) is 12.8 Å². The first-order chi connectivity index (χ1) is 20.3. The van der Waals surface area contributed by atoms with Crippen LogP contribution in [0.3, 0.4) is 0 Å². The van der Waals surface area contributed by atoms with Gasteiger partial charge in [-0.05, 0) is 37.6 Å². The molecule has 3 rings (SSSR count). The van der Waals surface area contributed by atoms with Gasteiger partial charge in [0.2, 0.25) is 10.0 Å². The minimum absolute atomic E-state index is 0. The van der Waals surface area contributed by atoms with E-state index in [0.29, 0.717) is 17.4 Å². The molecule has 0 saturated carbocycles. The van der Waals surface area contributed by atoms with Gasteiger partial charge >= 0.3 is 0 Å². The van der Waals surface area contributed by atoms with Crippen molar-refractivity contribution in [1.29, 1.82) is 0 Å². The molecule has 5 nitrogen and oxygen atoms in total. The number of benzene rings is 2. The molecule has 0 unspecified atom stereocenters. The zero-order valence-electron chi connectivity index (χ0n) is 26.2. The molecule has 0 saturated heterocycles. The molecule has 1 aromatic heterocycles. The summed E-state index contributed by atoms with van der Waals surface area (Å²) in [6.45, 7) is 5.16. The van der Waals surface area contributed by atoms with Crippen molar-refractivity contribution >= 4 is 21.6 Å². The van der Waals surface area contributed by atoms with Gasteiger partial charge < -0.3 is 28.7 Å². The summed E-state index contributed by atoms with van der Waals surface area (Å²) in [4.78, 5) is 0.273. The molecule has 0 amide bonds. The van der Waals surface area contributed by atoms with E-state index in [9.17, 15) is 8.42 Å². The van der Waals surface area contributed by atoms with Crippen LogP contribution in [0.2, 0.25) is 5.02 Å². The first-order valence-corrected chi connectivity index (χ1v) is 17.5. The largest absolute Gasteiger partial charge is 1.00 e. The second-order valence-corrected chi connectivity index (χ2v) is 13.8. The van der Waals surface area contributed by atoms with Crippen molar-refractivity contribution < 1.29 is 41.7 Å². The Labute approximate surface area is 283 Å². The lowest BCUT2D eigenvalue weighted by Crippen LogP contribution is -3.00. The Kier molecular flexibility index (Phi) is 17.8. The molecular weight excluding hydrogens is 691 g/mol. The molecule has 43 heavy (non-hydrogen) atoms. The number of hydrogen-bond donors (Lipinski definition) is 0. The number of para-hydroxylation sites is 1. The number of nitrogens with zero attached hydrogens (tertiary/aromatic N) is 2. The molecule has 0 bridgehead atoms. The van der Waals surface area contributed by atoms with Crippen LogP contribution in [0.5, 0.6) is 5.75 Å². The second kappa shape index (κ2) is 20.4. The van der Waals surface area contributed by atoms with E-state index in [2.05, 4.69) is 6.92 Å². The summed E-state index contributed by atoms with van der Waals surface area (Å²) in [7, 11) is -1.85. The highest BCUT2D eigenvalue weighted by molar-refractivity contribution is 7.89. The summed E-state index contributed by atoms with van der Waals surface area (Å²) in [5.41, 5.74) is 2.67. The van der Waals surface area contributed by atoms with Gasteiger partial charge in [0.05, 0.1) is 16.5 Å². The molecular formula is C35H50ClIN2O3S. The molecule has 8 heteroatoms. The molecule has 3 aromatic rings. The molecule has 238 valence electrons. The monoisotopic (exact) mass is 740 g/mol. The van der Waals surface area contributed by atoms with Crippen molar-refractivity contribution in [2.24, 2.45) is 7.05 Å². The topological polar surface area (TPSA) is 50.5 Å². The van der Waals surface area contributed by atoms with Crippen LogP contribution in [0.25, 0.3) is 0 Å². The second-order valence-electron chi connectivity index (χ2n) is 11.4. The fourth-order valence-electron chi connectivity index (χ4n) is 5.18. The number of aryl methyl sites for hydroxylation is 2. The van der Waals surface area contributed by atoms with Gasteiger partial charge in [-0.1, -0.05) is 119 Å². The van der Waals surface area contributed by atoms with Crippen LogP contribution < -0.4 is 33.3 Å². The molecule has 0 aliphatic carbocycles. The van der Waals surface area contributed by atoms with Crippen molar-refractivity contribution in [3.63, 3.8) is 0 Å². The summed E-state index contributed by atoms with van der Waals surface area (Å²) in [5, 5.41) is 0.505. The maximum atomic E-state index is 13.9. The third-order valence-corrected chi connectivity index (χ3v) is 9.76. The van der Waals surface area contributed by atoms with Crippen LogP contribution in [-0.2, 0) is 30.2 Å². The van der Waals surface area contributed by atoms with E-state index in [0.717, 1.165) is 29.5 Å². The van der Waals surface area contributed by atoms with E-state index >= 15 is 0 Å². The molecule has 1 heterocycles. The van der Waals surface area contributed by atoms with Gasteiger partial charge in [0, 0.05) is 30.3 Å². The minimum atomic E-state index is -3.78. The van der Waals surface area contributed by atoms with Gasteiger partial charge in [0.15, 0.2) is 12.4 Å². The van der Waals surface area contributed by atoms with Gasteiger partial charge in [-0.3, -0.25) is 0 Å². The van der Waals surface area contributed by atoms with E-state index in [4.69, 9.17) is 16.3 Å². The fourth-order valence-corrected chi connectivity index (χ4v) is 6.83. The average Bonchev–Trinajstić information content (AvgIpc) is 2.96. The predicted molar refractivity (Wildman–Crippen MR) is 173 cm³/mol. The Morgan fingerprint density at radius 1 is 0.791 bits per heavy atom. The summed E-state index contributed by atoms with van der Waals surface area (Å²) < 4.78 is 37.4. The predicted octanol–water partition coefficient (Wildman–Crippen LogP) is 5.95. The normalized spacial score (nSPS) is 11.5. The standard InChI is InChI=1S/C35H50ClN2O3S.HI/c1-4-5-6-7-8-9-10-11-12-13-14-15-26-41-35-32(19-16-20-34(35)36)29-38(28-31-18-17-25-37(3)27-31)42(39,40)33-23-21-30(2)22-24-33;/h16-25,27H,4-15,26,28-29H2,1-3H3;1H/q+1;/p-1. The van der Waals surface area contributed by atoms with Crippen LogP contribution in [0, 0.1) is 6.92 Å². The summed E-state index contributed by atoms with van der Waals surface area (Å²) >= 11 is 6.60. The number of ether oxygens (including phenoxy) is 1. The molecule has 0 atom stereocenters. The van der Waals surface area contributed by atoms with E-state index in [1.807, 2.05) is 67.3 Å². The van der Waals surface area contributed by atoms with Crippen molar-refractivity contribution in [2.45, 2.75) is 109 Å². The Morgan fingerprint density at radius 2 is 1.40 bits per heavy atom. The first-order valence-electron chi connectivity index (χ1n) is 15.7. The highest BCUT2D eigenvalue weighted by Gasteiger charge is 2.27. The molecule has 0 fully saturated rings. The number of rotatable bonds is 20. The van der Waals surface area contributed by atoms with Crippen molar-refractivity contribution in [2.75, 3.05) is 6.61 Å². The van der Waals surface area contributed by atoms with E-state index in [1.165, 1.54) is 68.5 Å². The fraction of sp³-hybridized carbons (Fsp3) is 0.514. The van der Waals surface area contributed by atoms with Gasteiger partial charge in [-0.2, -0.15) is 4.31 Å². The summed E-state index contributed by atoms with van der Waals surface area (Å²) in [5.74, 6) is 0.574. The zero-order valence-corrected chi connectivity index (χ0v) is 30.0. The number of pyridine rings is 1. The van der Waals surface area contributed by atoms with Crippen LogP contribution in [0.15, 0.2) is 71.9 Å². The highest BCUT2D eigenvalue weighted by Crippen LogP contribution is 2.32. The summed E-state index contributed by atoms with van der Waals surface area (Å²) in [6.07, 6.45) is 19.3. The van der Waals surface area contributed by atoms with Crippen molar-refractivity contribution in [3.8, 4) is 5.75 Å². The lowest BCUT2D eigenvalue weighted by atomic mass is 10.1.